The van der Waals surface area contributed by atoms with Gasteiger partial charge in [-0.05, 0) is 12.1 Å². The molecule has 2 N–H and O–H groups in total. The third kappa shape index (κ3) is 3.11. The van der Waals surface area contributed by atoms with Gasteiger partial charge < -0.3 is 15.2 Å². The van der Waals surface area contributed by atoms with Crippen LogP contribution in [0.25, 0.3) is 0 Å². The summed E-state index contributed by atoms with van der Waals surface area (Å²) in [6, 6.07) is 7.23. The number of hydrogen-bond acceptors (Lipinski definition) is 5. The molecule has 0 fully saturated rings. The average Bonchev–Trinajstić information content (AvgIpc) is 2.46. The Bertz CT molecular complexity index is 587. The molecule has 0 aliphatic carbocycles. The molecular formula is C14H15ClN2O2S. The quantitative estimate of drug-likeness (QED) is 0.675. The maximum absolute atomic E-state index is 6.15. The van der Waals surface area contributed by atoms with Crippen LogP contribution in [0.3, 0.4) is 0 Å². The number of nitrogens with two attached hydrogens (primary N) is 1. The van der Waals surface area contributed by atoms with Gasteiger partial charge in [0.15, 0.2) is 11.5 Å². The van der Waals surface area contributed by atoms with Crippen molar-refractivity contribution < 1.29 is 9.47 Å². The average molecular weight is 311 g/mol. The summed E-state index contributed by atoms with van der Waals surface area (Å²) in [6.45, 7) is 0. The molecule has 4 nitrogen and oxygen atoms in total. The van der Waals surface area contributed by atoms with E-state index in [4.69, 9.17) is 26.8 Å². The van der Waals surface area contributed by atoms with Gasteiger partial charge in [0.05, 0.1) is 24.9 Å². The van der Waals surface area contributed by atoms with Gasteiger partial charge in [0.25, 0.3) is 0 Å². The maximum Gasteiger partial charge on any atom is 0.183 e. The molecule has 6 heteroatoms. The molecule has 0 atom stereocenters. The lowest BCUT2D eigenvalue weighted by atomic mass is 10.3. The predicted octanol–water partition coefficient (Wildman–Crippen LogP) is 3.63. The maximum atomic E-state index is 6.15. The first kappa shape index (κ1) is 14.8. The van der Waals surface area contributed by atoms with E-state index < -0.39 is 0 Å². The van der Waals surface area contributed by atoms with E-state index >= 15 is 0 Å². The Morgan fingerprint density at radius 2 is 2.05 bits per heavy atom. The van der Waals surface area contributed by atoms with E-state index in [0.29, 0.717) is 28.0 Å². The smallest absolute Gasteiger partial charge is 0.183 e. The second kappa shape index (κ2) is 6.72. The largest absolute Gasteiger partial charge is 0.493 e. The van der Waals surface area contributed by atoms with Crippen molar-refractivity contribution in [3.63, 3.8) is 0 Å². The Morgan fingerprint density at radius 3 is 2.70 bits per heavy atom. The molecule has 0 radical (unpaired) electrons. The molecule has 2 aromatic rings. The summed E-state index contributed by atoms with van der Waals surface area (Å²) in [5, 5.41) is 0.636. The number of pyridine rings is 1. The molecule has 0 saturated heterocycles. The second-order valence-corrected chi connectivity index (χ2v) is 5.33. The van der Waals surface area contributed by atoms with Gasteiger partial charge in [-0.25, -0.2) is 0 Å². The van der Waals surface area contributed by atoms with Crippen LogP contribution in [-0.4, -0.2) is 19.2 Å². The molecule has 0 spiro atoms. The first-order valence-corrected chi connectivity index (χ1v) is 7.26. The monoisotopic (exact) mass is 310 g/mol. The van der Waals surface area contributed by atoms with Gasteiger partial charge >= 0.3 is 0 Å². The van der Waals surface area contributed by atoms with Crippen LogP contribution in [0.5, 0.6) is 11.5 Å². The minimum Gasteiger partial charge on any atom is -0.493 e. The summed E-state index contributed by atoms with van der Waals surface area (Å²) in [7, 11) is 3.19. The molecule has 106 valence electrons. The predicted molar refractivity (Wildman–Crippen MR) is 82.8 cm³/mol. The van der Waals surface area contributed by atoms with Crippen molar-refractivity contribution in [3.8, 4) is 11.5 Å². The van der Waals surface area contributed by atoms with E-state index in [1.807, 2.05) is 18.2 Å². The van der Waals surface area contributed by atoms with E-state index in [2.05, 4.69) is 4.98 Å². The Morgan fingerprint density at radius 1 is 1.25 bits per heavy atom. The highest BCUT2D eigenvalue weighted by molar-refractivity contribution is 7.98. The van der Waals surface area contributed by atoms with Crippen molar-refractivity contribution in [1.29, 1.82) is 0 Å². The molecule has 1 aromatic carbocycles. The standard InChI is InChI=1S/C14H15ClN2O2S/c1-18-12-6-7-17-11(13(12)19-2)8-20-14-9(15)4-3-5-10(14)16/h3-7H,8,16H2,1-2H3. The van der Waals surface area contributed by atoms with Crippen LogP contribution in [0.15, 0.2) is 35.4 Å². The summed E-state index contributed by atoms with van der Waals surface area (Å²) in [4.78, 5) is 5.17. The second-order valence-electron chi connectivity index (χ2n) is 3.94. The number of aromatic nitrogens is 1. The lowest BCUT2D eigenvalue weighted by molar-refractivity contribution is 0.350. The van der Waals surface area contributed by atoms with Crippen molar-refractivity contribution in [2.75, 3.05) is 20.0 Å². The Labute approximate surface area is 127 Å². The van der Waals surface area contributed by atoms with Crippen molar-refractivity contribution >= 4 is 29.1 Å². The summed E-state index contributed by atoms with van der Waals surface area (Å²) in [6.07, 6.45) is 1.69. The number of nitrogen functional groups attached to an aromatic ring is 1. The molecule has 0 unspecified atom stereocenters. The van der Waals surface area contributed by atoms with E-state index in [-0.39, 0.29) is 0 Å². The molecule has 1 aromatic heterocycles. The number of anilines is 1. The van der Waals surface area contributed by atoms with E-state index in [1.54, 1.807) is 26.5 Å². The lowest BCUT2D eigenvalue weighted by Crippen LogP contribution is -1.98. The van der Waals surface area contributed by atoms with Gasteiger partial charge in [-0.1, -0.05) is 17.7 Å². The summed E-state index contributed by atoms with van der Waals surface area (Å²) >= 11 is 7.67. The van der Waals surface area contributed by atoms with Crippen LogP contribution in [0.1, 0.15) is 5.69 Å². The van der Waals surface area contributed by atoms with Crippen LogP contribution in [0.4, 0.5) is 5.69 Å². The highest BCUT2D eigenvalue weighted by Crippen LogP contribution is 2.37. The van der Waals surface area contributed by atoms with Gasteiger partial charge in [0, 0.05) is 28.6 Å². The molecule has 1 heterocycles. The van der Waals surface area contributed by atoms with Crippen LogP contribution in [0.2, 0.25) is 5.02 Å². The van der Waals surface area contributed by atoms with Crippen molar-refractivity contribution in [3.05, 3.63) is 41.2 Å². The first-order valence-electron chi connectivity index (χ1n) is 5.90. The van der Waals surface area contributed by atoms with E-state index in [1.165, 1.54) is 11.8 Å². The SMILES string of the molecule is COc1ccnc(CSc2c(N)cccc2Cl)c1OC. The molecule has 0 aliphatic rings. The Balaban J connectivity index is 2.23. The zero-order chi connectivity index (χ0) is 14.5. The third-order valence-electron chi connectivity index (χ3n) is 2.72. The molecule has 0 amide bonds. The van der Waals surface area contributed by atoms with Gasteiger partial charge in [-0.3, -0.25) is 4.98 Å². The fourth-order valence-electron chi connectivity index (χ4n) is 1.77. The molecule has 20 heavy (non-hydrogen) atoms. The summed E-state index contributed by atoms with van der Waals surface area (Å²) in [5.41, 5.74) is 7.38. The topological polar surface area (TPSA) is 57.4 Å². The number of nitrogens with zero attached hydrogens (tertiary/aromatic N) is 1. The minimum absolute atomic E-state index is 0.592. The zero-order valence-corrected chi connectivity index (χ0v) is 12.8. The van der Waals surface area contributed by atoms with E-state index in [9.17, 15) is 0 Å². The summed E-state index contributed by atoms with van der Waals surface area (Å²) < 4.78 is 10.6. The number of hydrogen-bond donors (Lipinski definition) is 1. The minimum atomic E-state index is 0.592. The lowest BCUT2D eigenvalue weighted by Gasteiger charge is -2.12. The fraction of sp³-hybridized carbons (Fsp3) is 0.214. The number of rotatable bonds is 5. The van der Waals surface area contributed by atoms with Gasteiger partial charge in [0.2, 0.25) is 0 Å². The zero-order valence-electron chi connectivity index (χ0n) is 11.2. The number of thioether (sulfide) groups is 1. The van der Waals surface area contributed by atoms with Gasteiger partial charge in [0.1, 0.15) is 0 Å². The highest BCUT2D eigenvalue weighted by atomic mass is 35.5. The first-order chi connectivity index (χ1) is 9.67. The normalized spacial score (nSPS) is 10.3. The Kier molecular flexibility index (Phi) is 4.98. The Hall–Kier alpha value is -1.59. The molecule has 0 bridgehead atoms. The van der Waals surface area contributed by atoms with Crippen molar-refractivity contribution in [1.82, 2.24) is 4.98 Å². The van der Waals surface area contributed by atoms with Crippen LogP contribution in [-0.2, 0) is 5.75 Å². The summed E-state index contributed by atoms with van der Waals surface area (Å²) in [5.74, 6) is 1.88. The van der Waals surface area contributed by atoms with Gasteiger partial charge in [-0.2, -0.15) is 0 Å². The molecule has 2 rings (SSSR count). The van der Waals surface area contributed by atoms with Crippen LogP contribution < -0.4 is 15.2 Å². The van der Waals surface area contributed by atoms with Crippen molar-refractivity contribution in [2.45, 2.75) is 10.6 Å². The number of halogens is 1. The number of ether oxygens (including phenoxy) is 2. The molecule has 0 aliphatic heterocycles. The van der Waals surface area contributed by atoms with Crippen molar-refractivity contribution in [2.24, 2.45) is 0 Å². The van der Waals surface area contributed by atoms with E-state index in [0.717, 1.165) is 10.6 Å². The van der Waals surface area contributed by atoms with Crippen LogP contribution in [0, 0.1) is 0 Å². The highest BCUT2D eigenvalue weighted by Gasteiger charge is 2.13. The number of methoxy groups -OCH3 is 2. The molecule has 0 saturated carbocycles. The number of benzene rings is 1. The fourth-order valence-corrected chi connectivity index (χ4v) is 3.04. The third-order valence-corrected chi connectivity index (χ3v) is 4.31. The van der Waals surface area contributed by atoms with Crippen LogP contribution >= 0.6 is 23.4 Å². The van der Waals surface area contributed by atoms with Gasteiger partial charge in [-0.15, -0.1) is 11.8 Å². The molecular weight excluding hydrogens is 296 g/mol.